The molecule has 2 heterocycles. The van der Waals surface area contributed by atoms with Crippen LogP contribution in [0.3, 0.4) is 0 Å². The van der Waals surface area contributed by atoms with E-state index in [1.807, 2.05) is 6.07 Å². The van der Waals surface area contributed by atoms with Crippen molar-refractivity contribution in [3.8, 4) is 6.07 Å². The molecular weight excluding hydrogens is 323 g/mol. The summed E-state index contributed by atoms with van der Waals surface area (Å²) in [6.07, 6.45) is -4.56. The highest BCUT2D eigenvalue weighted by Gasteiger charge is 2.33. The maximum Gasteiger partial charge on any atom is 0.433 e. The van der Waals surface area contributed by atoms with E-state index in [-0.39, 0.29) is 10.6 Å². The first-order chi connectivity index (χ1) is 9.81. The predicted molar refractivity (Wildman–Crippen MR) is 72.3 cm³/mol. The van der Waals surface area contributed by atoms with Gasteiger partial charge in [-0.2, -0.15) is 18.4 Å². The third-order valence-corrected chi connectivity index (χ3v) is 4.38. The van der Waals surface area contributed by atoms with Crippen LogP contribution in [0.4, 0.5) is 18.3 Å². The molecule has 0 unspecified atom stereocenters. The van der Waals surface area contributed by atoms with Gasteiger partial charge in [-0.05, 0) is 23.9 Å². The Labute approximate surface area is 126 Å². The third-order valence-electron chi connectivity index (χ3n) is 2.23. The van der Waals surface area contributed by atoms with Gasteiger partial charge in [-0.25, -0.2) is 4.98 Å². The summed E-state index contributed by atoms with van der Waals surface area (Å²) in [5.41, 5.74) is -0.976. The molecule has 2 aromatic rings. The highest BCUT2D eigenvalue weighted by Crippen LogP contribution is 2.35. The van der Waals surface area contributed by atoms with Crippen LogP contribution in [-0.4, -0.2) is 29.3 Å². The molecule has 0 saturated carbocycles. The predicted octanol–water partition coefficient (Wildman–Crippen LogP) is 3.04. The summed E-state index contributed by atoms with van der Waals surface area (Å²) in [5, 5.41) is 17.3. The third kappa shape index (κ3) is 3.62. The number of hydrogen-bond donors (Lipinski definition) is 0. The number of pyridine rings is 1. The Morgan fingerprint density at radius 1 is 1.29 bits per heavy atom. The minimum atomic E-state index is -4.56. The highest BCUT2D eigenvalue weighted by atomic mass is 32.2. The fraction of sp³-hybridized carbons (Fsp3) is 0.273. The molecule has 0 spiro atoms. The van der Waals surface area contributed by atoms with Gasteiger partial charge in [0.15, 0.2) is 4.34 Å². The molecule has 0 atom stereocenters. The van der Waals surface area contributed by atoms with Crippen LogP contribution in [0.15, 0.2) is 21.5 Å². The second-order valence-electron chi connectivity index (χ2n) is 4.01. The van der Waals surface area contributed by atoms with E-state index in [2.05, 4.69) is 15.2 Å². The van der Waals surface area contributed by atoms with Crippen molar-refractivity contribution in [3.63, 3.8) is 0 Å². The summed E-state index contributed by atoms with van der Waals surface area (Å²) in [7, 11) is 3.55. The van der Waals surface area contributed by atoms with Crippen LogP contribution >= 0.6 is 23.1 Å². The standard InChI is InChI=1S/C11H8F3N5S2/c1-19(2)9-17-18-10(21-9)20-8-6(5-15)3-4-7(16-8)11(12,13)14/h3-4H,1-2H3. The molecule has 0 saturated heterocycles. The van der Waals surface area contributed by atoms with Gasteiger partial charge in [0.2, 0.25) is 5.13 Å². The number of aromatic nitrogens is 3. The number of hydrogen-bond acceptors (Lipinski definition) is 7. The van der Waals surface area contributed by atoms with Crippen LogP contribution < -0.4 is 4.90 Å². The second kappa shape index (κ2) is 5.87. The molecule has 2 rings (SSSR count). The van der Waals surface area contributed by atoms with E-state index in [4.69, 9.17) is 5.26 Å². The Balaban J connectivity index is 2.35. The first-order valence-electron chi connectivity index (χ1n) is 5.48. The quantitative estimate of drug-likeness (QED) is 0.861. The van der Waals surface area contributed by atoms with Gasteiger partial charge in [0.05, 0.1) is 5.56 Å². The van der Waals surface area contributed by atoms with Gasteiger partial charge in [-0.3, -0.25) is 0 Å². The Hall–Kier alpha value is -1.86. The summed E-state index contributed by atoms with van der Waals surface area (Å²) in [6.45, 7) is 0. The number of nitrogens with zero attached hydrogens (tertiary/aromatic N) is 5. The molecule has 0 radical (unpaired) electrons. The summed E-state index contributed by atoms with van der Waals surface area (Å²) in [6, 6.07) is 3.71. The number of alkyl halides is 3. The van der Waals surface area contributed by atoms with E-state index in [0.717, 1.165) is 23.9 Å². The lowest BCUT2D eigenvalue weighted by molar-refractivity contribution is -0.141. The van der Waals surface area contributed by atoms with E-state index in [1.165, 1.54) is 11.3 Å². The SMILES string of the molecule is CN(C)c1nnc(Sc2nc(C(F)(F)F)ccc2C#N)s1. The molecule has 0 N–H and O–H groups in total. The highest BCUT2D eigenvalue weighted by molar-refractivity contribution is 8.01. The Morgan fingerprint density at radius 3 is 2.52 bits per heavy atom. The van der Waals surface area contributed by atoms with Crippen molar-refractivity contribution in [2.75, 3.05) is 19.0 Å². The molecule has 21 heavy (non-hydrogen) atoms. The smallest absolute Gasteiger partial charge is 0.353 e. The van der Waals surface area contributed by atoms with Gasteiger partial charge in [-0.1, -0.05) is 11.3 Å². The average molecular weight is 331 g/mol. The molecule has 10 heteroatoms. The average Bonchev–Trinajstić information content (AvgIpc) is 2.86. The van der Waals surface area contributed by atoms with Crippen LogP contribution in [0, 0.1) is 11.3 Å². The minimum absolute atomic E-state index is 0.0335. The molecule has 0 fully saturated rings. The van der Waals surface area contributed by atoms with Crippen molar-refractivity contribution < 1.29 is 13.2 Å². The van der Waals surface area contributed by atoms with Crippen LogP contribution in [0.25, 0.3) is 0 Å². The van der Waals surface area contributed by atoms with E-state index in [0.29, 0.717) is 9.47 Å². The van der Waals surface area contributed by atoms with Crippen molar-refractivity contribution in [2.24, 2.45) is 0 Å². The normalized spacial score (nSPS) is 11.2. The van der Waals surface area contributed by atoms with Gasteiger partial charge in [-0.15, -0.1) is 10.2 Å². The van der Waals surface area contributed by atoms with Crippen molar-refractivity contribution >= 4 is 28.2 Å². The molecule has 110 valence electrons. The summed E-state index contributed by atoms with van der Waals surface area (Å²) in [4.78, 5) is 5.23. The molecule has 0 aliphatic heterocycles. The van der Waals surface area contributed by atoms with Crippen molar-refractivity contribution in [2.45, 2.75) is 15.5 Å². The minimum Gasteiger partial charge on any atom is -0.353 e. The Bertz CT molecular complexity index is 690. The fourth-order valence-corrected chi connectivity index (χ4v) is 3.01. The van der Waals surface area contributed by atoms with Crippen LogP contribution in [0.5, 0.6) is 0 Å². The molecule has 5 nitrogen and oxygen atoms in total. The number of anilines is 1. The maximum absolute atomic E-state index is 12.7. The molecule has 0 aromatic carbocycles. The monoisotopic (exact) mass is 331 g/mol. The Morgan fingerprint density at radius 2 is 2.00 bits per heavy atom. The molecule has 0 aliphatic rings. The van der Waals surface area contributed by atoms with Crippen LogP contribution in [-0.2, 0) is 6.18 Å². The molecule has 0 aliphatic carbocycles. The summed E-state index contributed by atoms with van der Waals surface area (Å²) < 4.78 is 38.4. The lowest BCUT2D eigenvalue weighted by Gasteiger charge is -2.07. The first-order valence-corrected chi connectivity index (χ1v) is 7.11. The zero-order valence-corrected chi connectivity index (χ0v) is 12.5. The van der Waals surface area contributed by atoms with Crippen molar-refractivity contribution in [1.82, 2.24) is 15.2 Å². The number of halogens is 3. The van der Waals surface area contributed by atoms with Crippen LogP contribution in [0.1, 0.15) is 11.3 Å². The molecule has 0 amide bonds. The largest absolute Gasteiger partial charge is 0.433 e. The topological polar surface area (TPSA) is 65.7 Å². The number of rotatable bonds is 3. The van der Waals surface area contributed by atoms with Gasteiger partial charge in [0, 0.05) is 14.1 Å². The second-order valence-corrected chi connectivity index (χ2v) is 6.20. The van der Waals surface area contributed by atoms with Crippen LogP contribution in [0.2, 0.25) is 0 Å². The first kappa shape index (κ1) is 15.5. The zero-order chi connectivity index (χ0) is 15.6. The van der Waals surface area contributed by atoms with Gasteiger partial charge in [0.1, 0.15) is 16.8 Å². The lowest BCUT2D eigenvalue weighted by Crippen LogP contribution is -2.08. The van der Waals surface area contributed by atoms with Crippen molar-refractivity contribution in [3.05, 3.63) is 23.4 Å². The molecule has 2 aromatic heterocycles. The zero-order valence-electron chi connectivity index (χ0n) is 10.8. The maximum atomic E-state index is 12.7. The lowest BCUT2D eigenvalue weighted by atomic mass is 10.2. The number of nitriles is 1. The van der Waals surface area contributed by atoms with Gasteiger partial charge in [0.25, 0.3) is 0 Å². The van der Waals surface area contributed by atoms with Crippen molar-refractivity contribution in [1.29, 1.82) is 5.26 Å². The Kier molecular flexibility index (Phi) is 4.34. The van der Waals surface area contributed by atoms with Gasteiger partial charge >= 0.3 is 6.18 Å². The molecule has 0 bridgehead atoms. The van der Waals surface area contributed by atoms with E-state index < -0.39 is 11.9 Å². The summed E-state index contributed by atoms with van der Waals surface area (Å²) in [5.74, 6) is 0. The van der Waals surface area contributed by atoms with Gasteiger partial charge < -0.3 is 4.90 Å². The molecular formula is C11H8F3N5S2. The van der Waals surface area contributed by atoms with E-state index in [9.17, 15) is 13.2 Å². The fourth-order valence-electron chi connectivity index (χ4n) is 1.27. The van der Waals surface area contributed by atoms with E-state index >= 15 is 0 Å². The van der Waals surface area contributed by atoms with E-state index in [1.54, 1.807) is 19.0 Å². The summed E-state index contributed by atoms with van der Waals surface area (Å²) >= 11 is 2.10.